The largest absolute Gasteiger partial charge is 0.480 e. The van der Waals surface area contributed by atoms with Gasteiger partial charge in [0.2, 0.25) is 5.88 Å². The topological polar surface area (TPSA) is 75.5 Å². The van der Waals surface area contributed by atoms with Crippen molar-refractivity contribution < 1.29 is 14.6 Å². The number of aromatic nitrogens is 2. The number of piperidine rings is 1. The van der Waals surface area contributed by atoms with Crippen molar-refractivity contribution in [3.8, 4) is 5.88 Å². The summed E-state index contributed by atoms with van der Waals surface area (Å²) in [7, 11) is 0. The zero-order chi connectivity index (χ0) is 13.8. The molecule has 0 radical (unpaired) electrons. The molecule has 0 saturated carbocycles. The maximum Gasteiger partial charge on any atom is 0.326 e. The minimum absolute atomic E-state index is 0.0272. The van der Waals surface area contributed by atoms with Crippen LogP contribution in [-0.4, -0.2) is 39.7 Å². The van der Waals surface area contributed by atoms with E-state index in [0.29, 0.717) is 24.7 Å². The Morgan fingerprint density at radius 2 is 2.26 bits per heavy atom. The summed E-state index contributed by atoms with van der Waals surface area (Å²) in [5, 5.41) is 9.27. The maximum atomic E-state index is 11.3. The van der Waals surface area contributed by atoms with E-state index < -0.39 is 12.0 Å². The van der Waals surface area contributed by atoms with Crippen LogP contribution in [0.25, 0.3) is 0 Å². The van der Waals surface area contributed by atoms with Crippen molar-refractivity contribution in [3.63, 3.8) is 0 Å². The number of ether oxygens (including phenoxy) is 1. The lowest BCUT2D eigenvalue weighted by Crippen LogP contribution is -2.45. The van der Waals surface area contributed by atoms with Gasteiger partial charge in [-0.15, -0.1) is 0 Å². The summed E-state index contributed by atoms with van der Waals surface area (Å²) in [4.78, 5) is 21.3. The lowest BCUT2D eigenvalue weighted by Gasteiger charge is -2.33. The van der Waals surface area contributed by atoms with Crippen molar-refractivity contribution in [2.45, 2.75) is 45.3 Å². The SMILES string of the molecule is CC(C)Oc1cc(N2CCCCC2C(=O)O)ncn1. The fraction of sp³-hybridized carbons (Fsp3) is 0.615. The number of carboxylic acids is 1. The number of anilines is 1. The molecule has 1 fully saturated rings. The molecule has 104 valence electrons. The van der Waals surface area contributed by atoms with Gasteiger partial charge in [-0.25, -0.2) is 14.8 Å². The quantitative estimate of drug-likeness (QED) is 0.893. The predicted octanol–water partition coefficient (Wildman–Crippen LogP) is 1.71. The molecular weight excluding hydrogens is 246 g/mol. The Bertz CT molecular complexity index is 451. The Morgan fingerprint density at radius 1 is 1.47 bits per heavy atom. The van der Waals surface area contributed by atoms with Crippen LogP contribution in [0.1, 0.15) is 33.1 Å². The Labute approximate surface area is 112 Å². The van der Waals surface area contributed by atoms with Crippen LogP contribution in [-0.2, 0) is 4.79 Å². The summed E-state index contributed by atoms with van der Waals surface area (Å²) in [5.74, 6) is 0.303. The van der Waals surface area contributed by atoms with Crippen LogP contribution >= 0.6 is 0 Å². The van der Waals surface area contributed by atoms with Crippen LogP contribution in [0.15, 0.2) is 12.4 Å². The van der Waals surface area contributed by atoms with Crippen molar-refractivity contribution in [2.24, 2.45) is 0 Å². The molecule has 2 rings (SSSR count). The average molecular weight is 265 g/mol. The first-order valence-corrected chi connectivity index (χ1v) is 6.56. The van der Waals surface area contributed by atoms with Crippen molar-refractivity contribution in [2.75, 3.05) is 11.4 Å². The number of aliphatic carboxylic acids is 1. The second kappa shape index (κ2) is 5.86. The van der Waals surface area contributed by atoms with Crippen LogP contribution in [0.5, 0.6) is 5.88 Å². The molecule has 19 heavy (non-hydrogen) atoms. The van der Waals surface area contributed by atoms with Gasteiger partial charge >= 0.3 is 5.97 Å². The third-order valence-corrected chi connectivity index (χ3v) is 3.07. The van der Waals surface area contributed by atoms with Gasteiger partial charge in [0.15, 0.2) is 0 Å². The molecule has 1 aliphatic rings. The van der Waals surface area contributed by atoms with E-state index in [1.54, 1.807) is 6.07 Å². The molecule has 1 aliphatic heterocycles. The van der Waals surface area contributed by atoms with Crippen LogP contribution in [0.3, 0.4) is 0 Å². The Morgan fingerprint density at radius 3 is 2.95 bits per heavy atom. The van der Waals surface area contributed by atoms with Gasteiger partial charge in [0.25, 0.3) is 0 Å². The molecule has 6 nitrogen and oxygen atoms in total. The van der Waals surface area contributed by atoms with Gasteiger partial charge in [-0.1, -0.05) is 0 Å². The van der Waals surface area contributed by atoms with Crippen LogP contribution < -0.4 is 9.64 Å². The predicted molar refractivity (Wildman–Crippen MR) is 70.4 cm³/mol. The molecule has 0 amide bonds. The lowest BCUT2D eigenvalue weighted by atomic mass is 10.0. The molecule has 2 heterocycles. The van der Waals surface area contributed by atoms with Crippen LogP contribution in [0, 0.1) is 0 Å². The van der Waals surface area contributed by atoms with E-state index in [0.717, 1.165) is 12.8 Å². The molecule has 0 aromatic carbocycles. The molecule has 0 spiro atoms. The number of rotatable bonds is 4. The van der Waals surface area contributed by atoms with E-state index in [9.17, 15) is 9.90 Å². The normalized spacial score (nSPS) is 19.5. The zero-order valence-corrected chi connectivity index (χ0v) is 11.2. The van der Waals surface area contributed by atoms with Crippen molar-refractivity contribution in [1.29, 1.82) is 0 Å². The second-order valence-corrected chi connectivity index (χ2v) is 4.92. The van der Waals surface area contributed by atoms with E-state index in [4.69, 9.17) is 4.74 Å². The first kappa shape index (κ1) is 13.6. The van der Waals surface area contributed by atoms with E-state index >= 15 is 0 Å². The summed E-state index contributed by atoms with van der Waals surface area (Å²) in [5.41, 5.74) is 0. The van der Waals surface area contributed by atoms with E-state index in [-0.39, 0.29) is 6.10 Å². The summed E-state index contributed by atoms with van der Waals surface area (Å²) in [6.45, 7) is 4.54. The highest BCUT2D eigenvalue weighted by atomic mass is 16.5. The van der Waals surface area contributed by atoms with E-state index in [1.807, 2.05) is 18.7 Å². The minimum atomic E-state index is -0.801. The van der Waals surface area contributed by atoms with Crippen LogP contribution in [0.4, 0.5) is 5.82 Å². The summed E-state index contributed by atoms with van der Waals surface area (Å²) >= 11 is 0. The number of hydrogen-bond donors (Lipinski definition) is 1. The summed E-state index contributed by atoms with van der Waals surface area (Å²) in [6.07, 6.45) is 4.02. The smallest absolute Gasteiger partial charge is 0.326 e. The van der Waals surface area contributed by atoms with Gasteiger partial charge in [0.05, 0.1) is 6.10 Å². The highest BCUT2D eigenvalue weighted by Crippen LogP contribution is 2.25. The van der Waals surface area contributed by atoms with Gasteiger partial charge in [-0.3, -0.25) is 0 Å². The molecule has 1 unspecified atom stereocenters. The number of nitrogens with zero attached hydrogens (tertiary/aromatic N) is 3. The fourth-order valence-electron chi connectivity index (χ4n) is 2.26. The second-order valence-electron chi connectivity index (χ2n) is 4.92. The highest BCUT2D eigenvalue weighted by molar-refractivity contribution is 5.78. The third-order valence-electron chi connectivity index (χ3n) is 3.07. The number of hydrogen-bond acceptors (Lipinski definition) is 5. The first-order valence-electron chi connectivity index (χ1n) is 6.56. The lowest BCUT2D eigenvalue weighted by molar-refractivity contribution is -0.139. The number of carbonyl (C=O) groups is 1. The first-order chi connectivity index (χ1) is 9.08. The molecule has 0 bridgehead atoms. The summed E-state index contributed by atoms with van der Waals surface area (Å²) < 4.78 is 5.52. The summed E-state index contributed by atoms with van der Waals surface area (Å²) in [6, 6.07) is 1.21. The molecule has 1 aromatic heterocycles. The zero-order valence-electron chi connectivity index (χ0n) is 11.2. The van der Waals surface area contributed by atoms with Gasteiger partial charge in [0.1, 0.15) is 18.2 Å². The highest BCUT2D eigenvalue weighted by Gasteiger charge is 2.29. The molecule has 1 aromatic rings. The fourth-order valence-corrected chi connectivity index (χ4v) is 2.26. The molecule has 1 saturated heterocycles. The maximum absolute atomic E-state index is 11.3. The van der Waals surface area contributed by atoms with Crippen LogP contribution in [0.2, 0.25) is 0 Å². The molecular formula is C13H19N3O3. The number of carboxylic acid groups (broad SMARTS) is 1. The molecule has 1 N–H and O–H groups in total. The van der Waals surface area contributed by atoms with E-state index in [1.165, 1.54) is 6.33 Å². The van der Waals surface area contributed by atoms with Gasteiger partial charge in [0, 0.05) is 12.6 Å². The standard InChI is InChI=1S/C13H19N3O3/c1-9(2)19-12-7-11(14-8-15-12)16-6-4-3-5-10(16)13(17)18/h7-10H,3-6H2,1-2H3,(H,17,18). The molecule has 0 aliphatic carbocycles. The van der Waals surface area contributed by atoms with Gasteiger partial charge in [-0.05, 0) is 33.1 Å². The minimum Gasteiger partial charge on any atom is -0.480 e. The van der Waals surface area contributed by atoms with Crippen molar-refractivity contribution >= 4 is 11.8 Å². The van der Waals surface area contributed by atoms with E-state index in [2.05, 4.69) is 9.97 Å². The van der Waals surface area contributed by atoms with Crippen molar-refractivity contribution in [3.05, 3.63) is 12.4 Å². The molecule has 1 atom stereocenters. The van der Waals surface area contributed by atoms with Gasteiger partial charge in [-0.2, -0.15) is 0 Å². The Kier molecular flexibility index (Phi) is 4.19. The monoisotopic (exact) mass is 265 g/mol. The Balaban J connectivity index is 2.21. The van der Waals surface area contributed by atoms with Gasteiger partial charge < -0.3 is 14.7 Å². The Hall–Kier alpha value is -1.85. The third kappa shape index (κ3) is 3.33. The average Bonchev–Trinajstić information content (AvgIpc) is 2.38. The molecule has 6 heteroatoms. The van der Waals surface area contributed by atoms with Crippen molar-refractivity contribution in [1.82, 2.24) is 9.97 Å².